The molecule has 0 bridgehead atoms. The number of ether oxygens (including phenoxy) is 2. The van der Waals surface area contributed by atoms with Crippen LogP contribution in [0.25, 0.3) is 0 Å². The van der Waals surface area contributed by atoms with Crippen LogP contribution in [0, 0.1) is 6.92 Å². The standard InChI is InChI=1S/C24H32N2O4/c1-5-6-14-25-24(28)19(3)26(16-20-11-9-10-18(2)15-20)23(27)17-30-22-13-8-7-12-21(22)29-4/h7-13,15,19H,5-6,14,16-17H2,1-4H3,(H,25,28)/t19-/m0/s1. The predicted molar refractivity (Wildman–Crippen MR) is 118 cm³/mol. The van der Waals surface area contributed by atoms with Gasteiger partial charge in [-0.05, 0) is 38.0 Å². The molecule has 0 unspecified atom stereocenters. The van der Waals surface area contributed by atoms with E-state index >= 15 is 0 Å². The molecule has 0 spiro atoms. The molecule has 2 amide bonds. The fourth-order valence-electron chi connectivity index (χ4n) is 3.09. The van der Waals surface area contributed by atoms with E-state index < -0.39 is 6.04 Å². The van der Waals surface area contributed by atoms with E-state index in [1.165, 1.54) is 0 Å². The van der Waals surface area contributed by atoms with E-state index in [4.69, 9.17) is 9.47 Å². The van der Waals surface area contributed by atoms with Crippen molar-refractivity contribution in [2.75, 3.05) is 20.3 Å². The first-order chi connectivity index (χ1) is 14.5. The van der Waals surface area contributed by atoms with Crippen molar-refractivity contribution >= 4 is 11.8 Å². The molecule has 0 aromatic heterocycles. The molecule has 162 valence electrons. The van der Waals surface area contributed by atoms with Crippen LogP contribution in [0.15, 0.2) is 48.5 Å². The Morgan fingerprint density at radius 1 is 1.10 bits per heavy atom. The van der Waals surface area contributed by atoms with Crippen LogP contribution in [-0.4, -0.2) is 43.0 Å². The van der Waals surface area contributed by atoms with Crippen LogP contribution in [0.3, 0.4) is 0 Å². The van der Waals surface area contributed by atoms with Crippen molar-refractivity contribution in [3.63, 3.8) is 0 Å². The highest BCUT2D eigenvalue weighted by Crippen LogP contribution is 2.25. The number of rotatable bonds is 11. The van der Waals surface area contributed by atoms with Gasteiger partial charge in [-0.25, -0.2) is 0 Å². The van der Waals surface area contributed by atoms with E-state index in [9.17, 15) is 9.59 Å². The molecule has 0 saturated heterocycles. The van der Waals surface area contributed by atoms with Crippen LogP contribution >= 0.6 is 0 Å². The van der Waals surface area contributed by atoms with Gasteiger partial charge in [0.25, 0.3) is 5.91 Å². The third-order valence-corrected chi connectivity index (χ3v) is 4.85. The molecule has 2 aromatic carbocycles. The minimum Gasteiger partial charge on any atom is -0.493 e. The number of para-hydroxylation sites is 2. The first-order valence-electron chi connectivity index (χ1n) is 10.3. The number of aryl methyl sites for hydroxylation is 1. The summed E-state index contributed by atoms with van der Waals surface area (Å²) in [7, 11) is 1.55. The zero-order chi connectivity index (χ0) is 21.9. The molecule has 0 aliphatic carbocycles. The third-order valence-electron chi connectivity index (χ3n) is 4.85. The minimum atomic E-state index is -0.615. The maximum atomic E-state index is 13.1. The number of carbonyl (C=O) groups excluding carboxylic acids is 2. The molecule has 6 heteroatoms. The molecule has 0 fully saturated rings. The van der Waals surface area contributed by atoms with Gasteiger partial charge in [-0.1, -0.05) is 55.3 Å². The maximum absolute atomic E-state index is 13.1. The summed E-state index contributed by atoms with van der Waals surface area (Å²) in [6, 6.07) is 14.5. The number of nitrogens with zero attached hydrogens (tertiary/aromatic N) is 1. The van der Waals surface area contributed by atoms with Crippen LogP contribution in [0.4, 0.5) is 0 Å². The lowest BCUT2D eigenvalue weighted by Crippen LogP contribution is -2.49. The minimum absolute atomic E-state index is 0.165. The number of nitrogens with one attached hydrogen (secondary N) is 1. The number of carbonyl (C=O) groups is 2. The molecular weight excluding hydrogens is 380 g/mol. The average molecular weight is 413 g/mol. The molecular formula is C24H32N2O4. The maximum Gasteiger partial charge on any atom is 0.261 e. The summed E-state index contributed by atoms with van der Waals surface area (Å²) in [6.07, 6.45) is 1.90. The van der Waals surface area contributed by atoms with Crippen LogP contribution < -0.4 is 14.8 Å². The van der Waals surface area contributed by atoms with Crippen molar-refractivity contribution in [3.8, 4) is 11.5 Å². The van der Waals surface area contributed by atoms with Crippen molar-refractivity contribution in [3.05, 3.63) is 59.7 Å². The molecule has 30 heavy (non-hydrogen) atoms. The van der Waals surface area contributed by atoms with Gasteiger partial charge >= 0.3 is 0 Å². The van der Waals surface area contributed by atoms with Crippen LogP contribution in [-0.2, 0) is 16.1 Å². The van der Waals surface area contributed by atoms with Crippen LogP contribution in [0.5, 0.6) is 11.5 Å². The van der Waals surface area contributed by atoms with Crippen molar-refractivity contribution in [2.45, 2.75) is 46.2 Å². The molecule has 0 radical (unpaired) electrons. The topological polar surface area (TPSA) is 67.9 Å². The molecule has 0 aliphatic rings. The summed E-state index contributed by atoms with van der Waals surface area (Å²) in [5.74, 6) is 0.618. The number of hydrogen-bond acceptors (Lipinski definition) is 4. The zero-order valence-corrected chi connectivity index (χ0v) is 18.3. The summed E-state index contributed by atoms with van der Waals surface area (Å²) >= 11 is 0. The Morgan fingerprint density at radius 2 is 1.83 bits per heavy atom. The van der Waals surface area contributed by atoms with Crippen molar-refractivity contribution < 1.29 is 19.1 Å². The fourth-order valence-corrected chi connectivity index (χ4v) is 3.09. The van der Waals surface area contributed by atoms with Gasteiger partial charge in [0.05, 0.1) is 7.11 Å². The van der Waals surface area contributed by atoms with E-state index in [0.29, 0.717) is 24.6 Å². The molecule has 0 aliphatic heterocycles. The number of unbranched alkanes of at least 4 members (excludes halogenated alkanes) is 1. The van der Waals surface area contributed by atoms with Gasteiger partial charge in [-0.3, -0.25) is 9.59 Å². The molecule has 0 saturated carbocycles. The second-order valence-corrected chi connectivity index (χ2v) is 7.27. The number of hydrogen-bond donors (Lipinski definition) is 1. The van der Waals surface area contributed by atoms with Gasteiger partial charge < -0.3 is 19.7 Å². The molecule has 2 rings (SSSR count). The highest BCUT2D eigenvalue weighted by atomic mass is 16.5. The van der Waals surface area contributed by atoms with Crippen molar-refractivity contribution in [1.29, 1.82) is 0 Å². The van der Waals surface area contributed by atoms with E-state index in [2.05, 4.69) is 12.2 Å². The molecule has 6 nitrogen and oxygen atoms in total. The quantitative estimate of drug-likeness (QED) is 0.571. The summed E-state index contributed by atoms with van der Waals surface area (Å²) in [5.41, 5.74) is 2.07. The van der Waals surface area contributed by atoms with Gasteiger partial charge in [0.2, 0.25) is 5.91 Å². The normalized spacial score (nSPS) is 11.5. The van der Waals surface area contributed by atoms with Gasteiger partial charge in [-0.15, -0.1) is 0 Å². The van der Waals surface area contributed by atoms with E-state index in [-0.39, 0.29) is 18.4 Å². The first kappa shape index (κ1) is 23.3. The number of methoxy groups -OCH3 is 1. The Morgan fingerprint density at radius 3 is 2.50 bits per heavy atom. The molecule has 1 atom stereocenters. The fraction of sp³-hybridized carbons (Fsp3) is 0.417. The first-order valence-corrected chi connectivity index (χ1v) is 10.3. The van der Waals surface area contributed by atoms with Gasteiger partial charge in [0, 0.05) is 13.1 Å². The Labute approximate surface area is 179 Å². The number of benzene rings is 2. The molecule has 1 N–H and O–H groups in total. The Bertz CT molecular complexity index is 837. The Kier molecular flexibility index (Phi) is 9.19. The smallest absolute Gasteiger partial charge is 0.261 e. The lowest BCUT2D eigenvalue weighted by molar-refractivity contribution is -0.142. The Hall–Kier alpha value is -3.02. The van der Waals surface area contributed by atoms with Crippen LogP contribution in [0.1, 0.15) is 37.8 Å². The Balaban J connectivity index is 2.14. The average Bonchev–Trinajstić information content (AvgIpc) is 2.75. The van der Waals surface area contributed by atoms with Gasteiger partial charge in [-0.2, -0.15) is 0 Å². The number of amides is 2. The summed E-state index contributed by atoms with van der Waals surface area (Å²) in [6.45, 7) is 6.57. The second kappa shape index (κ2) is 11.9. The lowest BCUT2D eigenvalue weighted by atomic mass is 10.1. The second-order valence-electron chi connectivity index (χ2n) is 7.27. The van der Waals surface area contributed by atoms with E-state index in [1.54, 1.807) is 31.1 Å². The SMILES string of the molecule is CCCCNC(=O)[C@H](C)N(Cc1cccc(C)c1)C(=O)COc1ccccc1OC. The largest absolute Gasteiger partial charge is 0.493 e. The summed E-state index contributed by atoms with van der Waals surface area (Å²) in [4.78, 5) is 27.3. The summed E-state index contributed by atoms with van der Waals surface area (Å²) in [5, 5.41) is 2.91. The predicted octanol–water partition coefficient (Wildman–Crippen LogP) is 3.72. The van der Waals surface area contributed by atoms with E-state index in [1.807, 2.05) is 43.3 Å². The van der Waals surface area contributed by atoms with Gasteiger partial charge in [0.1, 0.15) is 6.04 Å². The molecule has 2 aromatic rings. The summed E-state index contributed by atoms with van der Waals surface area (Å²) < 4.78 is 11.0. The third kappa shape index (κ3) is 6.79. The van der Waals surface area contributed by atoms with Gasteiger partial charge in [0.15, 0.2) is 18.1 Å². The zero-order valence-electron chi connectivity index (χ0n) is 18.3. The highest BCUT2D eigenvalue weighted by molar-refractivity contribution is 5.88. The van der Waals surface area contributed by atoms with Crippen molar-refractivity contribution in [2.24, 2.45) is 0 Å². The van der Waals surface area contributed by atoms with Crippen LogP contribution in [0.2, 0.25) is 0 Å². The van der Waals surface area contributed by atoms with E-state index in [0.717, 1.165) is 24.0 Å². The highest BCUT2D eigenvalue weighted by Gasteiger charge is 2.26. The lowest BCUT2D eigenvalue weighted by Gasteiger charge is -2.29. The van der Waals surface area contributed by atoms with Crippen molar-refractivity contribution in [1.82, 2.24) is 10.2 Å². The monoisotopic (exact) mass is 412 g/mol. The molecule has 0 heterocycles.